The fourth-order valence-corrected chi connectivity index (χ4v) is 5.13. The second-order valence-corrected chi connectivity index (χ2v) is 8.26. The van der Waals surface area contributed by atoms with E-state index in [1.165, 1.54) is 30.6 Å². The van der Waals surface area contributed by atoms with Crippen molar-refractivity contribution in [2.75, 3.05) is 6.54 Å². The minimum atomic E-state index is -0.470. The molecule has 1 aromatic rings. The quantitative estimate of drug-likeness (QED) is 0.646. The first kappa shape index (κ1) is 17.5. The maximum atomic E-state index is 12.3. The number of thiophene rings is 1. The highest BCUT2D eigenvalue weighted by molar-refractivity contribution is 7.10. The molecule has 132 valence electrons. The summed E-state index contributed by atoms with van der Waals surface area (Å²) in [5, 5.41) is 7.94. The number of amides is 2. The summed E-state index contributed by atoms with van der Waals surface area (Å²) in [4.78, 5) is 25.8. The van der Waals surface area contributed by atoms with Crippen LogP contribution in [0.25, 0.3) is 0 Å². The van der Waals surface area contributed by atoms with Crippen LogP contribution in [0, 0.1) is 0 Å². The molecule has 0 atom stereocenters. The Morgan fingerprint density at radius 3 is 2.38 bits per heavy atom. The van der Waals surface area contributed by atoms with Gasteiger partial charge in [0.2, 0.25) is 0 Å². The van der Waals surface area contributed by atoms with Gasteiger partial charge < -0.3 is 10.6 Å². The van der Waals surface area contributed by atoms with E-state index in [1.807, 2.05) is 0 Å². The molecule has 1 aromatic heterocycles. The molecule has 0 aromatic carbocycles. The minimum absolute atomic E-state index is 0.0342. The van der Waals surface area contributed by atoms with Crippen molar-refractivity contribution >= 4 is 23.2 Å². The molecule has 2 saturated carbocycles. The lowest BCUT2D eigenvalue weighted by atomic mass is 9.84. The summed E-state index contributed by atoms with van der Waals surface area (Å²) >= 11 is 1.76. The molecule has 0 aliphatic heterocycles. The van der Waals surface area contributed by atoms with Gasteiger partial charge in [-0.05, 0) is 37.1 Å². The third-order valence-electron chi connectivity index (χ3n) is 5.59. The van der Waals surface area contributed by atoms with Gasteiger partial charge in [-0.15, -0.1) is 11.3 Å². The van der Waals surface area contributed by atoms with Crippen LogP contribution in [0.1, 0.15) is 69.1 Å². The minimum Gasteiger partial charge on any atom is -0.347 e. The van der Waals surface area contributed by atoms with Gasteiger partial charge in [0.15, 0.2) is 0 Å². The Bertz CT molecular complexity index is 542. The summed E-state index contributed by atoms with van der Waals surface area (Å²) < 4.78 is 0. The van der Waals surface area contributed by atoms with E-state index in [4.69, 9.17) is 0 Å². The zero-order valence-corrected chi connectivity index (χ0v) is 15.1. The Kier molecular flexibility index (Phi) is 5.93. The molecule has 0 bridgehead atoms. The van der Waals surface area contributed by atoms with Crippen LogP contribution in [0.4, 0.5) is 0 Å². The molecule has 2 fully saturated rings. The second kappa shape index (κ2) is 8.15. The molecule has 24 heavy (non-hydrogen) atoms. The highest BCUT2D eigenvalue weighted by Crippen LogP contribution is 2.42. The summed E-state index contributed by atoms with van der Waals surface area (Å²) in [6, 6.07) is 4.40. The molecule has 0 saturated heterocycles. The highest BCUT2D eigenvalue weighted by atomic mass is 32.1. The first-order chi connectivity index (χ1) is 11.7. The highest BCUT2D eigenvalue weighted by Gasteiger charge is 2.37. The molecule has 0 spiro atoms. The molecular formula is C19H28N2O2S. The van der Waals surface area contributed by atoms with Gasteiger partial charge in [0.05, 0.1) is 0 Å². The fraction of sp³-hybridized carbons (Fsp3) is 0.684. The zero-order chi connectivity index (χ0) is 16.8. The summed E-state index contributed by atoms with van der Waals surface area (Å²) in [5.41, 5.74) is 0.0342. The molecule has 2 aliphatic rings. The summed E-state index contributed by atoms with van der Waals surface area (Å²) in [6.45, 7) is 0.574. The molecule has 0 radical (unpaired) electrons. The Balaban J connectivity index is 1.53. The lowest BCUT2D eigenvalue weighted by Crippen LogP contribution is -2.47. The average Bonchev–Trinajstić information content (AvgIpc) is 3.22. The number of carbonyl (C=O) groups excluding carboxylic acids is 2. The topological polar surface area (TPSA) is 58.2 Å². The lowest BCUT2D eigenvalue weighted by molar-refractivity contribution is -0.139. The number of hydrogen-bond donors (Lipinski definition) is 2. The molecule has 3 rings (SSSR count). The van der Waals surface area contributed by atoms with Crippen LogP contribution in [-0.4, -0.2) is 24.4 Å². The summed E-state index contributed by atoms with van der Waals surface area (Å²) in [5.74, 6) is -0.927. The van der Waals surface area contributed by atoms with E-state index < -0.39 is 11.8 Å². The van der Waals surface area contributed by atoms with Crippen molar-refractivity contribution in [3.63, 3.8) is 0 Å². The van der Waals surface area contributed by atoms with Gasteiger partial charge in [-0.1, -0.05) is 44.6 Å². The van der Waals surface area contributed by atoms with Gasteiger partial charge in [-0.3, -0.25) is 9.59 Å². The molecule has 1 heterocycles. The van der Waals surface area contributed by atoms with E-state index in [2.05, 4.69) is 28.1 Å². The molecule has 4 nitrogen and oxygen atoms in total. The number of carbonyl (C=O) groups is 2. The van der Waals surface area contributed by atoms with Crippen molar-refractivity contribution < 1.29 is 9.59 Å². The first-order valence-corrected chi connectivity index (χ1v) is 10.2. The average molecular weight is 349 g/mol. The number of hydrogen-bond acceptors (Lipinski definition) is 3. The summed E-state index contributed by atoms with van der Waals surface area (Å²) in [6.07, 6.45) is 11.3. The second-order valence-electron chi connectivity index (χ2n) is 7.31. The van der Waals surface area contributed by atoms with Gasteiger partial charge in [0, 0.05) is 22.9 Å². The van der Waals surface area contributed by atoms with Crippen molar-refractivity contribution in [1.29, 1.82) is 0 Å². The maximum absolute atomic E-state index is 12.3. The smallest absolute Gasteiger partial charge is 0.309 e. The van der Waals surface area contributed by atoms with Gasteiger partial charge in [-0.2, -0.15) is 0 Å². The monoisotopic (exact) mass is 348 g/mol. The normalized spacial score (nSPS) is 21.2. The predicted octanol–water partition coefficient (Wildman–Crippen LogP) is 3.52. The van der Waals surface area contributed by atoms with Gasteiger partial charge >= 0.3 is 11.8 Å². The SMILES string of the molecule is O=C(NCC1(c2cccs2)CCCC1)C(=O)NC1CCCCCC1. The Morgan fingerprint density at radius 1 is 1.04 bits per heavy atom. The van der Waals surface area contributed by atoms with E-state index in [1.54, 1.807) is 11.3 Å². The van der Waals surface area contributed by atoms with Crippen molar-refractivity contribution in [2.24, 2.45) is 0 Å². The first-order valence-electron chi connectivity index (χ1n) is 9.32. The van der Waals surface area contributed by atoms with Crippen LogP contribution in [0.15, 0.2) is 17.5 Å². The van der Waals surface area contributed by atoms with Crippen LogP contribution < -0.4 is 10.6 Å². The molecule has 2 N–H and O–H groups in total. The molecule has 2 aliphatic carbocycles. The van der Waals surface area contributed by atoms with Crippen LogP contribution in [0.5, 0.6) is 0 Å². The van der Waals surface area contributed by atoms with Crippen molar-refractivity contribution in [1.82, 2.24) is 10.6 Å². The number of rotatable bonds is 4. The standard InChI is InChI=1S/C19H28N2O2S/c22-17(18(23)21-15-8-3-1-2-4-9-15)20-14-19(11-5-6-12-19)16-10-7-13-24-16/h7,10,13,15H,1-6,8-9,11-12,14H2,(H,20,22)(H,21,23). The van der Waals surface area contributed by atoms with E-state index in [0.29, 0.717) is 6.54 Å². The third-order valence-corrected chi connectivity index (χ3v) is 6.70. The van der Waals surface area contributed by atoms with E-state index in [-0.39, 0.29) is 11.5 Å². The van der Waals surface area contributed by atoms with E-state index in [9.17, 15) is 9.59 Å². The Hall–Kier alpha value is -1.36. The van der Waals surface area contributed by atoms with Crippen LogP contribution in [0.3, 0.4) is 0 Å². The largest absolute Gasteiger partial charge is 0.347 e. The van der Waals surface area contributed by atoms with Crippen molar-refractivity contribution in [3.05, 3.63) is 22.4 Å². The van der Waals surface area contributed by atoms with E-state index in [0.717, 1.165) is 38.5 Å². The van der Waals surface area contributed by atoms with E-state index >= 15 is 0 Å². The Morgan fingerprint density at radius 2 is 1.75 bits per heavy atom. The van der Waals surface area contributed by atoms with Gasteiger partial charge in [0.25, 0.3) is 0 Å². The van der Waals surface area contributed by atoms with Crippen LogP contribution >= 0.6 is 11.3 Å². The molecule has 2 amide bonds. The third kappa shape index (κ3) is 4.18. The zero-order valence-electron chi connectivity index (χ0n) is 14.3. The number of nitrogens with one attached hydrogen (secondary N) is 2. The summed E-state index contributed by atoms with van der Waals surface area (Å²) in [7, 11) is 0. The maximum Gasteiger partial charge on any atom is 0.309 e. The molecule has 0 unspecified atom stereocenters. The fourth-order valence-electron chi connectivity index (χ4n) is 4.15. The van der Waals surface area contributed by atoms with Gasteiger partial charge in [-0.25, -0.2) is 0 Å². The predicted molar refractivity (Wildman–Crippen MR) is 97.1 cm³/mol. The van der Waals surface area contributed by atoms with Crippen LogP contribution in [-0.2, 0) is 15.0 Å². The Labute approximate surface area is 148 Å². The van der Waals surface area contributed by atoms with Crippen LogP contribution in [0.2, 0.25) is 0 Å². The van der Waals surface area contributed by atoms with Crippen molar-refractivity contribution in [3.8, 4) is 0 Å². The lowest BCUT2D eigenvalue weighted by Gasteiger charge is -2.28. The molecular weight excluding hydrogens is 320 g/mol. The van der Waals surface area contributed by atoms with Crippen molar-refractivity contribution in [2.45, 2.75) is 75.7 Å². The van der Waals surface area contributed by atoms with Gasteiger partial charge in [0.1, 0.15) is 0 Å². The molecule has 5 heteroatoms.